The zero-order valence-corrected chi connectivity index (χ0v) is 24.2. The van der Waals surface area contributed by atoms with Crippen LogP contribution >= 0.6 is 23.8 Å². The van der Waals surface area contributed by atoms with Crippen molar-refractivity contribution >= 4 is 57.5 Å². The maximum atomic E-state index is 12.0. The number of likely N-dealkylation sites (N-methyl/N-ethyl adjacent to an activating group) is 1. The van der Waals surface area contributed by atoms with E-state index in [0.717, 1.165) is 28.2 Å². The number of hydrogen-bond donors (Lipinski definition) is 2. The van der Waals surface area contributed by atoms with E-state index in [1.807, 2.05) is 42.5 Å². The van der Waals surface area contributed by atoms with Gasteiger partial charge in [0.25, 0.3) is 0 Å². The van der Waals surface area contributed by atoms with Crippen LogP contribution in [0.2, 0.25) is 5.02 Å². The third kappa shape index (κ3) is 5.12. The number of carbonyl (C=O) groups is 1. The van der Waals surface area contributed by atoms with Crippen LogP contribution in [0.25, 0.3) is 5.57 Å². The molecule has 0 aliphatic carbocycles. The molecule has 0 spiro atoms. The third-order valence-corrected chi connectivity index (χ3v) is 8.10. The minimum atomic E-state index is -0.257. The predicted octanol–water partition coefficient (Wildman–Crippen LogP) is 6.13. The highest BCUT2D eigenvalue weighted by molar-refractivity contribution is 7.80. The van der Waals surface area contributed by atoms with Crippen molar-refractivity contribution in [2.24, 2.45) is 0 Å². The number of allylic oxidation sites excluding steroid dienone is 1. The van der Waals surface area contributed by atoms with Gasteiger partial charge in [0, 0.05) is 48.0 Å². The van der Waals surface area contributed by atoms with Gasteiger partial charge in [0.2, 0.25) is 5.91 Å². The zero-order chi connectivity index (χ0) is 27.9. The summed E-state index contributed by atoms with van der Waals surface area (Å²) in [4.78, 5) is 21.0. The van der Waals surface area contributed by atoms with Crippen LogP contribution in [0.1, 0.15) is 49.7 Å². The molecule has 3 aromatic rings. The van der Waals surface area contributed by atoms with Crippen LogP contribution in [0.3, 0.4) is 0 Å². The van der Waals surface area contributed by atoms with Crippen LogP contribution in [0.5, 0.6) is 0 Å². The number of hydrogen-bond acceptors (Lipinski definition) is 5. The van der Waals surface area contributed by atoms with Gasteiger partial charge < -0.3 is 25.2 Å². The van der Waals surface area contributed by atoms with E-state index in [4.69, 9.17) is 28.6 Å². The van der Waals surface area contributed by atoms with E-state index >= 15 is 0 Å². The first kappa shape index (κ1) is 27.1. The highest BCUT2D eigenvalue weighted by atomic mass is 35.5. The number of pyridine rings is 1. The van der Waals surface area contributed by atoms with Crippen LogP contribution in [0.4, 0.5) is 17.1 Å². The van der Waals surface area contributed by atoms with Gasteiger partial charge in [-0.1, -0.05) is 23.7 Å². The average Bonchev–Trinajstić information content (AvgIpc) is 3.24. The van der Waals surface area contributed by atoms with E-state index in [1.165, 1.54) is 12.7 Å². The number of nitrogens with zero attached hydrogens (tertiary/aromatic N) is 3. The number of rotatable bonds is 6. The third-order valence-electron chi connectivity index (χ3n) is 7.46. The van der Waals surface area contributed by atoms with E-state index < -0.39 is 0 Å². The number of nitrogens with one attached hydrogen (secondary N) is 2. The Morgan fingerprint density at radius 1 is 1.21 bits per heavy atom. The first-order valence-electron chi connectivity index (χ1n) is 12.8. The Balaban J connectivity index is 1.60. The summed E-state index contributed by atoms with van der Waals surface area (Å²) in [6, 6.07) is 17.2. The number of benzene rings is 2. The second-order valence-corrected chi connectivity index (χ2v) is 11.2. The molecule has 1 fully saturated rings. The molecular formula is C30H32ClN5O2S. The Kier molecular flexibility index (Phi) is 7.37. The minimum Gasteiger partial charge on any atom is -0.375 e. The fourth-order valence-corrected chi connectivity index (χ4v) is 6.01. The summed E-state index contributed by atoms with van der Waals surface area (Å²) < 4.78 is 4.92. The first-order chi connectivity index (χ1) is 18.6. The number of fused-ring (bicyclic) bond motifs is 1. The first-order valence-corrected chi connectivity index (χ1v) is 13.6. The lowest BCUT2D eigenvalue weighted by molar-refractivity contribution is -0.119. The van der Waals surface area contributed by atoms with Gasteiger partial charge >= 0.3 is 0 Å². The molecule has 0 radical (unpaired) electrons. The average molecular weight is 562 g/mol. The molecule has 2 N–H and O–H groups in total. The molecule has 5 rings (SSSR count). The van der Waals surface area contributed by atoms with Gasteiger partial charge in [-0.3, -0.25) is 9.78 Å². The molecule has 202 valence electrons. The molecule has 1 aromatic heterocycles. The summed E-state index contributed by atoms with van der Waals surface area (Å²) in [6.07, 6.45) is 4.07. The summed E-state index contributed by atoms with van der Waals surface area (Å²) in [7, 11) is 3.59. The molecule has 2 aromatic carbocycles. The molecule has 0 saturated carbocycles. The van der Waals surface area contributed by atoms with Gasteiger partial charge in [-0.25, -0.2) is 0 Å². The Labute approximate surface area is 239 Å². The van der Waals surface area contributed by atoms with Gasteiger partial charge in [-0.15, -0.1) is 0 Å². The van der Waals surface area contributed by atoms with E-state index in [2.05, 4.69) is 71.4 Å². The minimum absolute atomic E-state index is 0.00717. The van der Waals surface area contributed by atoms with E-state index in [0.29, 0.717) is 15.8 Å². The van der Waals surface area contributed by atoms with Crippen molar-refractivity contribution < 1.29 is 9.53 Å². The molecular weight excluding hydrogens is 530 g/mol. The molecule has 2 unspecified atom stereocenters. The van der Waals surface area contributed by atoms with E-state index in [-0.39, 0.29) is 30.1 Å². The molecule has 3 heterocycles. The normalized spacial score (nSPS) is 19.8. The second-order valence-electron chi connectivity index (χ2n) is 10.5. The van der Waals surface area contributed by atoms with Crippen molar-refractivity contribution in [3.8, 4) is 0 Å². The lowest BCUT2D eigenvalue weighted by atomic mass is 9.86. The molecule has 2 aliphatic heterocycles. The van der Waals surface area contributed by atoms with Gasteiger partial charge in [0.05, 0.1) is 23.3 Å². The number of ether oxygens (including phenoxy) is 1. The quantitative estimate of drug-likeness (QED) is 0.351. The van der Waals surface area contributed by atoms with E-state index in [1.54, 1.807) is 6.20 Å². The SMILES string of the molecule is COCC(=O)Nc1ccc(N2C(=S)NC(c3ccccn3)C2c2cc3c(cc2Cl)N(C)C(C)(C)C=C3C)cc1. The summed E-state index contributed by atoms with van der Waals surface area (Å²) in [5.74, 6) is -0.214. The van der Waals surface area contributed by atoms with Crippen molar-refractivity contribution in [1.29, 1.82) is 0 Å². The molecule has 2 atom stereocenters. The Bertz CT molecular complexity index is 1440. The number of amides is 1. The summed E-state index contributed by atoms with van der Waals surface area (Å²) in [5, 5.41) is 7.57. The summed E-state index contributed by atoms with van der Waals surface area (Å²) in [6.45, 7) is 6.53. The number of anilines is 3. The molecule has 1 amide bonds. The molecule has 9 heteroatoms. The number of aromatic nitrogens is 1. The topological polar surface area (TPSA) is 69.7 Å². The van der Waals surface area contributed by atoms with Gasteiger partial charge in [0.1, 0.15) is 6.61 Å². The van der Waals surface area contributed by atoms with Crippen molar-refractivity contribution in [3.63, 3.8) is 0 Å². The fraction of sp³-hybridized carbons (Fsp3) is 0.300. The molecule has 39 heavy (non-hydrogen) atoms. The highest BCUT2D eigenvalue weighted by Gasteiger charge is 2.42. The largest absolute Gasteiger partial charge is 0.375 e. The van der Waals surface area contributed by atoms with Crippen LogP contribution in [-0.2, 0) is 9.53 Å². The number of methoxy groups -OCH3 is 1. The van der Waals surface area contributed by atoms with E-state index in [9.17, 15) is 4.79 Å². The summed E-state index contributed by atoms with van der Waals surface area (Å²) >= 11 is 13.0. The Hall–Kier alpha value is -3.46. The Morgan fingerprint density at radius 3 is 2.62 bits per heavy atom. The fourth-order valence-electron chi connectivity index (χ4n) is 5.40. The maximum Gasteiger partial charge on any atom is 0.250 e. The van der Waals surface area contributed by atoms with Crippen molar-refractivity contribution in [2.75, 3.05) is 35.9 Å². The van der Waals surface area contributed by atoms with Gasteiger partial charge in [-0.05, 0) is 92.7 Å². The van der Waals surface area contributed by atoms with Gasteiger partial charge in [-0.2, -0.15) is 0 Å². The summed E-state index contributed by atoms with van der Waals surface area (Å²) in [5.41, 5.74) is 6.70. The number of thiocarbonyl (C=S) groups is 1. The van der Waals surface area contributed by atoms with Crippen molar-refractivity contribution in [3.05, 3.63) is 88.7 Å². The lowest BCUT2D eigenvalue weighted by Gasteiger charge is -2.41. The molecule has 7 nitrogen and oxygen atoms in total. The van der Waals surface area contributed by atoms with Gasteiger partial charge in [0.15, 0.2) is 5.11 Å². The Morgan fingerprint density at radius 2 is 1.95 bits per heavy atom. The van der Waals surface area contributed by atoms with Crippen LogP contribution < -0.4 is 20.4 Å². The van der Waals surface area contributed by atoms with Crippen LogP contribution in [0, 0.1) is 0 Å². The van der Waals surface area contributed by atoms with Crippen LogP contribution in [0.15, 0.2) is 66.9 Å². The number of halogens is 1. The highest BCUT2D eigenvalue weighted by Crippen LogP contribution is 2.47. The zero-order valence-electron chi connectivity index (χ0n) is 22.7. The molecule has 2 aliphatic rings. The number of carbonyl (C=O) groups excluding carboxylic acids is 1. The lowest BCUT2D eigenvalue weighted by Crippen LogP contribution is -2.42. The maximum absolute atomic E-state index is 12.0. The molecule has 1 saturated heterocycles. The van der Waals surface area contributed by atoms with Crippen LogP contribution in [-0.4, -0.2) is 42.3 Å². The second kappa shape index (κ2) is 10.6. The molecule has 0 bridgehead atoms. The van der Waals surface area contributed by atoms with Crippen molar-refractivity contribution in [1.82, 2.24) is 10.3 Å². The monoisotopic (exact) mass is 561 g/mol. The standard InChI is InChI=1S/C30H32ClN5O2S/c1-18-16-30(2,3)35(4)25-15-23(31)22(14-21(18)25)28-27(24-8-6-7-13-32-24)34-29(39)36(28)20-11-9-19(10-12-20)33-26(37)17-38-5/h6-16,27-28H,17H2,1-5H3,(H,33,37)(H,34,39). The predicted molar refractivity (Wildman–Crippen MR) is 162 cm³/mol. The van der Waals surface area contributed by atoms with Crippen molar-refractivity contribution in [2.45, 2.75) is 38.4 Å². The smallest absolute Gasteiger partial charge is 0.250 e.